The van der Waals surface area contributed by atoms with Crippen molar-refractivity contribution in [1.82, 2.24) is 19.9 Å². The monoisotopic (exact) mass is 422 g/mol. The third-order valence-electron chi connectivity index (χ3n) is 5.28. The average molecular weight is 423 g/mol. The summed E-state index contributed by atoms with van der Waals surface area (Å²) in [4.78, 5) is 20.6. The largest absolute Gasteiger partial charge is 0.444 e. The zero-order valence-electron chi connectivity index (χ0n) is 17.3. The minimum atomic E-state index is -0.687. The van der Waals surface area contributed by atoms with Gasteiger partial charge in [0.1, 0.15) is 28.8 Å². The molecule has 1 aliphatic heterocycles. The summed E-state index contributed by atoms with van der Waals surface area (Å²) in [5.74, 6) is -0.609. The van der Waals surface area contributed by atoms with E-state index < -0.39 is 17.5 Å². The highest BCUT2D eigenvalue weighted by Gasteiger charge is 2.54. The van der Waals surface area contributed by atoms with Gasteiger partial charge in [0.15, 0.2) is 5.79 Å². The first-order valence-electron chi connectivity index (χ1n) is 9.83. The smallest absolute Gasteiger partial charge is 0.407 e. The van der Waals surface area contributed by atoms with Gasteiger partial charge in [-0.15, -0.1) is 0 Å². The molecule has 2 aromatic heterocycles. The maximum absolute atomic E-state index is 12.1. The number of hydrogen-bond acceptors (Lipinski definition) is 6. The summed E-state index contributed by atoms with van der Waals surface area (Å²) in [7, 11) is 0. The number of halogens is 1. The molecule has 4 atom stereocenters. The normalized spacial score (nSPS) is 28.5. The second kappa shape index (κ2) is 7.11. The summed E-state index contributed by atoms with van der Waals surface area (Å²) in [6, 6.07) is 1.93. The van der Waals surface area contributed by atoms with E-state index in [0.29, 0.717) is 11.7 Å². The fourth-order valence-electron chi connectivity index (χ4n) is 4.27. The number of nitrogens with one attached hydrogen (secondary N) is 1. The highest BCUT2D eigenvalue weighted by Crippen LogP contribution is 2.47. The van der Waals surface area contributed by atoms with Crippen LogP contribution in [-0.2, 0) is 14.2 Å². The Balaban J connectivity index is 1.56. The Morgan fingerprint density at radius 3 is 2.79 bits per heavy atom. The van der Waals surface area contributed by atoms with Crippen LogP contribution in [0.2, 0.25) is 5.15 Å². The molecule has 1 N–H and O–H groups in total. The zero-order valence-corrected chi connectivity index (χ0v) is 18.1. The van der Waals surface area contributed by atoms with Crippen molar-refractivity contribution < 1.29 is 19.0 Å². The van der Waals surface area contributed by atoms with E-state index in [1.165, 1.54) is 6.33 Å². The molecule has 2 fully saturated rings. The zero-order chi connectivity index (χ0) is 21.0. The highest BCUT2D eigenvalue weighted by atomic mass is 35.5. The van der Waals surface area contributed by atoms with Crippen LogP contribution in [-0.4, -0.2) is 50.8 Å². The van der Waals surface area contributed by atoms with Crippen molar-refractivity contribution in [3.05, 3.63) is 23.7 Å². The highest BCUT2D eigenvalue weighted by molar-refractivity contribution is 6.33. The lowest BCUT2D eigenvalue weighted by atomic mass is 10.1. The second-order valence-corrected chi connectivity index (χ2v) is 9.49. The first-order valence-corrected chi connectivity index (χ1v) is 10.2. The van der Waals surface area contributed by atoms with Crippen molar-refractivity contribution in [2.24, 2.45) is 5.92 Å². The quantitative estimate of drug-likeness (QED) is 0.759. The molecule has 2 aliphatic rings. The van der Waals surface area contributed by atoms with E-state index in [1.54, 1.807) is 0 Å². The molecule has 0 aromatic carbocycles. The van der Waals surface area contributed by atoms with E-state index in [2.05, 4.69) is 19.9 Å². The first kappa shape index (κ1) is 20.4. The van der Waals surface area contributed by atoms with Gasteiger partial charge in [0.05, 0.1) is 17.5 Å². The summed E-state index contributed by atoms with van der Waals surface area (Å²) in [5, 5.41) is 4.11. The van der Waals surface area contributed by atoms with Gasteiger partial charge in [-0.1, -0.05) is 11.6 Å². The maximum atomic E-state index is 12.1. The van der Waals surface area contributed by atoms with Gasteiger partial charge in [-0.05, 0) is 47.1 Å². The van der Waals surface area contributed by atoms with Gasteiger partial charge in [0.25, 0.3) is 0 Å². The SMILES string of the molecule is CC(C)(C)OC(=O)NC[C@H]1C[C@@H](n2ccc3c(Cl)ncnc32)[C@@H]2OC(C)(C)O[C@H]12. The van der Waals surface area contributed by atoms with Crippen molar-refractivity contribution in [2.75, 3.05) is 6.54 Å². The fraction of sp³-hybridized carbons (Fsp3) is 0.650. The molecule has 158 valence electrons. The fourth-order valence-corrected chi connectivity index (χ4v) is 4.46. The van der Waals surface area contributed by atoms with Crippen molar-refractivity contribution >= 4 is 28.7 Å². The number of nitrogens with zero attached hydrogens (tertiary/aromatic N) is 3. The maximum Gasteiger partial charge on any atom is 0.407 e. The number of fused-ring (bicyclic) bond motifs is 2. The molecular formula is C20H27ClN4O4. The van der Waals surface area contributed by atoms with Crippen LogP contribution in [0.3, 0.4) is 0 Å². The predicted octanol–water partition coefficient (Wildman–Crippen LogP) is 3.69. The molecule has 29 heavy (non-hydrogen) atoms. The van der Waals surface area contributed by atoms with Crippen LogP contribution in [0.4, 0.5) is 4.79 Å². The van der Waals surface area contributed by atoms with Gasteiger partial charge in [0.2, 0.25) is 0 Å². The first-order chi connectivity index (χ1) is 13.5. The third-order valence-corrected chi connectivity index (χ3v) is 5.58. The molecule has 3 heterocycles. The lowest BCUT2D eigenvalue weighted by molar-refractivity contribution is -0.160. The Hall–Kier alpha value is -1.90. The van der Waals surface area contributed by atoms with Crippen LogP contribution >= 0.6 is 11.6 Å². The van der Waals surface area contributed by atoms with E-state index in [4.69, 9.17) is 25.8 Å². The Morgan fingerprint density at radius 2 is 2.07 bits per heavy atom. The number of ether oxygens (including phenoxy) is 3. The molecule has 0 unspecified atom stereocenters. The van der Waals surface area contributed by atoms with Crippen LogP contribution in [0, 0.1) is 5.92 Å². The van der Waals surface area contributed by atoms with Gasteiger partial charge >= 0.3 is 6.09 Å². The number of hydrogen-bond donors (Lipinski definition) is 1. The molecule has 2 aromatic rings. The van der Waals surface area contributed by atoms with Gasteiger partial charge in [-0.2, -0.15) is 0 Å². The number of carbonyl (C=O) groups excluding carboxylic acids is 1. The van der Waals surface area contributed by atoms with Gasteiger partial charge in [0, 0.05) is 18.7 Å². The molecule has 4 rings (SSSR count). The topological polar surface area (TPSA) is 87.5 Å². The summed E-state index contributed by atoms with van der Waals surface area (Å²) in [5.41, 5.74) is 0.228. The molecular weight excluding hydrogens is 396 g/mol. The molecule has 1 amide bonds. The Kier molecular flexibility index (Phi) is 4.99. The van der Waals surface area contributed by atoms with Gasteiger partial charge in [-0.3, -0.25) is 0 Å². The van der Waals surface area contributed by atoms with E-state index in [0.717, 1.165) is 17.5 Å². The number of amides is 1. The Morgan fingerprint density at radius 1 is 1.34 bits per heavy atom. The second-order valence-electron chi connectivity index (χ2n) is 9.14. The molecule has 8 nitrogen and oxygen atoms in total. The molecule has 1 saturated heterocycles. The lowest BCUT2D eigenvalue weighted by Crippen LogP contribution is -2.38. The summed E-state index contributed by atoms with van der Waals surface area (Å²) in [6.45, 7) is 9.79. The van der Waals surface area contributed by atoms with Crippen LogP contribution in [0.1, 0.15) is 47.1 Å². The minimum Gasteiger partial charge on any atom is -0.444 e. The van der Waals surface area contributed by atoms with Crippen LogP contribution < -0.4 is 5.32 Å². The van der Waals surface area contributed by atoms with Crippen LogP contribution in [0.25, 0.3) is 11.0 Å². The van der Waals surface area contributed by atoms with Crippen molar-refractivity contribution in [3.8, 4) is 0 Å². The van der Waals surface area contributed by atoms with E-state index >= 15 is 0 Å². The molecule has 1 saturated carbocycles. The number of carbonyl (C=O) groups is 1. The Labute approximate surface area is 174 Å². The predicted molar refractivity (Wildman–Crippen MR) is 108 cm³/mol. The average Bonchev–Trinajstić information content (AvgIpc) is 3.23. The standard InChI is InChI=1S/C20H27ClN4O4/c1-19(2,3)29-18(26)22-9-11-8-13(15-14(11)27-20(4,5)28-15)25-7-6-12-16(21)23-10-24-17(12)25/h6-7,10-11,13-15H,8-9H2,1-5H3,(H,22,26)/t11-,13-,14-,15+/m1/s1. The van der Waals surface area contributed by atoms with E-state index in [1.807, 2.05) is 46.9 Å². The number of rotatable bonds is 3. The molecule has 0 bridgehead atoms. The third kappa shape index (κ3) is 4.06. The van der Waals surface area contributed by atoms with Gasteiger partial charge in [-0.25, -0.2) is 14.8 Å². The molecule has 9 heteroatoms. The number of aromatic nitrogens is 3. The summed E-state index contributed by atoms with van der Waals surface area (Å²) < 4.78 is 19.9. The van der Waals surface area contributed by atoms with Crippen LogP contribution in [0.15, 0.2) is 18.6 Å². The van der Waals surface area contributed by atoms with Crippen molar-refractivity contribution in [2.45, 2.75) is 70.7 Å². The minimum absolute atomic E-state index is 0.00989. The summed E-state index contributed by atoms with van der Waals surface area (Å²) in [6.07, 6.45) is 3.48. The van der Waals surface area contributed by atoms with Crippen molar-refractivity contribution in [1.29, 1.82) is 0 Å². The van der Waals surface area contributed by atoms with E-state index in [9.17, 15) is 4.79 Å². The van der Waals surface area contributed by atoms with Crippen LogP contribution in [0.5, 0.6) is 0 Å². The molecule has 1 aliphatic carbocycles. The van der Waals surface area contributed by atoms with Gasteiger partial charge < -0.3 is 24.1 Å². The lowest BCUT2D eigenvalue weighted by Gasteiger charge is -2.25. The Bertz CT molecular complexity index is 923. The summed E-state index contributed by atoms with van der Waals surface area (Å²) >= 11 is 6.22. The van der Waals surface area contributed by atoms with Crippen molar-refractivity contribution in [3.63, 3.8) is 0 Å². The molecule has 0 spiro atoms. The molecule has 0 radical (unpaired) electrons. The van der Waals surface area contributed by atoms with E-state index in [-0.39, 0.29) is 24.2 Å². The number of alkyl carbamates (subject to hydrolysis) is 1.